The van der Waals surface area contributed by atoms with Gasteiger partial charge in [-0.3, -0.25) is 10.1 Å². The lowest BCUT2D eigenvalue weighted by Crippen LogP contribution is -2.38. The maximum absolute atomic E-state index is 11.0. The van der Waals surface area contributed by atoms with Gasteiger partial charge in [0.25, 0.3) is 5.69 Å². The summed E-state index contributed by atoms with van der Waals surface area (Å²) in [5.41, 5.74) is 6.73. The summed E-state index contributed by atoms with van der Waals surface area (Å²) in [6.07, 6.45) is 4.65. The molecular formula is C12H15ClN2O2. The first-order valence-electron chi connectivity index (χ1n) is 5.72. The zero-order chi connectivity index (χ0) is 12.5. The van der Waals surface area contributed by atoms with Crippen LogP contribution in [-0.2, 0) is 6.42 Å². The number of nitro benzene ring substituents is 1. The van der Waals surface area contributed by atoms with Crippen molar-refractivity contribution in [2.45, 2.75) is 37.6 Å². The maximum atomic E-state index is 11.0. The van der Waals surface area contributed by atoms with Gasteiger partial charge in [-0.1, -0.05) is 30.5 Å². The van der Waals surface area contributed by atoms with E-state index in [1.807, 2.05) is 0 Å². The molecule has 1 aromatic carbocycles. The molecule has 5 heteroatoms. The van der Waals surface area contributed by atoms with Crippen molar-refractivity contribution < 1.29 is 4.92 Å². The average molecular weight is 255 g/mol. The molecule has 0 atom stereocenters. The molecule has 1 aliphatic carbocycles. The van der Waals surface area contributed by atoms with Crippen LogP contribution in [0, 0.1) is 10.1 Å². The third kappa shape index (κ3) is 2.76. The van der Waals surface area contributed by atoms with E-state index < -0.39 is 0 Å². The van der Waals surface area contributed by atoms with Crippen LogP contribution in [0.1, 0.15) is 31.2 Å². The second-order valence-electron chi connectivity index (χ2n) is 4.78. The van der Waals surface area contributed by atoms with E-state index in [0.29, 0.717) is 17.0 Å². The topological polar surface area (TPSA) is 69.2 Å². The molecule has 0 bridgehead atoms. The highest BCUT2D eigenvalue weighted by atomic mass is 35.5. The molecule has 2 N–H and O–H groups in total. The number of benzene rings is 1. The van der Waals surface area contributed by atoms with Crippen LogP contribution in [0.15, 0.2) is 18.2 Å². The van der Waals surface area contributed by atoms with Gasteiger partial charge in [0.1, 0.15) is 0 Å². The summed E-state index contributed by atoms with van der Waals surface area (Å²) in [5.74, 6) is 0. The lowest BCUT2D eigenvalue weighted by molar-refractivity contribution is -0.385. The molecule has 1 aromatic rings. The summed E-state index contributed by atoms with van der Waals surface area (Å²) in [5, 5.41) is 11.3. The minimum absolute atomic E-state index is 0.0780. The van der Waals surface area contributed by atoms with Gasteiger partial charge in [0, 0.05) is 22.2 Å². The molecule has 0 unspecified atom stereocenters. The molecule has 0 saturated heterocycles. The second-order valence-corrected chi connectivity index (χ2v) is 5.21. The number of nitrogens with two attached hydrogens (primary N) is 1. The molecule has 1 saturated carbocycles. The van der Waals surface area contributed by atoms with Crippen LogP contribution in [0.5, 0.6) is 0 Å². The number of halogens is 1. The Kier molecular flexibility index (Phi) is 3.35. The van der Waals surface area contributed by atoms with E-state index in [0.717, 1.165) is 25.7 Å². The van der Waals surface area contributed by atoms with Gasteiger partial charge >= 0.3 is 0 Å². The summed E-state index contributed by atoms with van der Waals surface area (Å²) in [4.78, 5) is 10.6. The van der Waals surface area contributed by atoms with E-state index >= 15 is 0 Å². The summed E-state index contributed by atoms with van der Waals surface area (Å²) in [6.45, 7) is 0. The number of nitro groups is 1. The first-order chi connectivity index (χ1) is 8.00. The van der Waals surface area contributed by atoms with Crippen molar-refractivity contribution >= 4 is 17.3 Å². The van der Waals surface area contributed by atoms with Crippen molar-refractivity contribution in [1.29, 1.82) is 0 Å². The predicted molar refractivity (Wildman–Crippen MR) is 67.2 cm³/mol. The van der Waals surface area contributed by atoms with Crippen LogP contribution in [-0.4, -0.2) is 10.5 Å². The minimum atomic E-state index is -0.389. The van der Waals surface area contributed by atoms with Gasteiger partial charge in [-0.25, -0.2) is 0 Å². The predicted octanol–water partition coefficient (Wildman–Crippen LogP) is 3.06. The molecule has 1 aliphatic rings. The Balaban J connectivity index is 2.28. The van der Waals surface area contributed by atoms with E-state index in [-0.39, 0.29) is 16.1 Å². The third-order valence-electron chi connectivity index (χ3n) is 3.39. The highest BCUT2D eigenvalue weighted by molar-refractivity contribution is 6.30. The number of rotatable bonds is 3. The van der Waals surface area contributed by atoms with Crippen molar-refractivity contribution in [2.24, 2.45) is 5.73 Å². The maximum Gasteiger partial charge on any atom is 0.274 e. The lowest BCUT2D eigenvalue weighted by atomic mass is 9.89. The quantitative estimate of drug-likeness (QED) is 0.666. The Morgan fingerprint density at radius 1 is 1.41 bits per heavy atom. The first-order valence-corrected chi connectivity index (χ1v) is 6.10. The van der Waals surface area contributed by atoms with Gasteiger partial charge in [0.05, 0.1) is 4.92 Å². The van der Waals surface area contributed by atoms with Gasteiger partial charge in [-0.15, -0.1) is 0 Å². The fourth-order valence-corrected chi connectivity index (χ4v) is 2.66. The first kappa shape index (κ1) is 12.3. The van der Waals surface area contributed by atoms with Gasteiger partial charge in [-0.05, 0) is 25.3 Å². The number of hydrogen-bond donors (Lipinski definition) is 1. The normalized spacial score (nSPS) is 18.2. The summed E-state index contributed by atoms with van der Waals surface area (Å²) in [7, 11) is 0. The Labute approximate surface area is 105 Å². The lowest BCUT2D eigenvalue weighted by Gasteiger charge is -2.23. The van der Waals surface area contributed by atoms with Crippen molar-refractivity contribution in [1.82, 2.24) is 0 Å². The van der Waals surface area contributed by atoms with Crippen molar-refractivity contribution in [3.8, 4) is 0 Å². The Bertz CT molecular complexity index is 442. The number of hydrogen-bond acceptors (Lipinski definition) is 3. The molecule has 4 nitrogen and oxygen atoms in total. The van der Waals surface area contributed by atoms with E-state index in [1.165, 1.54) is 6.07 Å². The average Bonchev–Trinajstić information content (AvgIpc) is 2.67. The number of nitrogens with zero attached hydrogens (tertiary/aromatic N) is 1. The van der Waals surface area contributed by atoms with Crippen LogP contribution in [0.2, 0.25) is 5.02 Å². The van der Waals surface area contributed by atoms with E-state index in [4.69, 9.17) is 17.3 Å². The van der Waals surface area contributed by atoms with Crippen molar-refractivity contribution in [3.05, 3.63) is 38.9 Å². The van der Waals surface area contributed by atoms with Crippen LogP contribution >= 0.6 is 11.6 Å². The molecule has 0 aromatic heterocycles. The van der Waals surface area contributed by atoms with Crippen molar-refractivity contribution in [3.63, 3.8) is 0 Å². The Hall–Kier alpha value is -1.13. The third-order valence-corrected chi connectivity index (χ3v) is 3.62. The smallest absolute Gasteiger partial charge is 0.274 e. The molecule has 0 spiro atoms. The van der Waals surface area contributed by atoms with Gasteiger partial charge < -0.3 is 5.73 Å². The molecule has 1 fully saturated rings. The minimum Gasteiger partial charge on any atom is -0.325 e. The Morgan fingerprint density at radius 2 is 2.06 bits per heavy atom. The summed E-state index contributed by atoms with van der Waals surface area (Å²) < 4.78 is 0. The second kappa shape index (κ2) is 4.63. The highest BCUT2D eigenvalue weighted by Gasteiger charge is 2.31. The van der Waals surface area contributed by atoms with Crippen molar-refractivity contribution in [2.75, 3.05) is 0 Å². The molecule has 92 valence electrons. The van der Waals surface area contributed by atoms with Crippen LogP contribution in [0.4, 0.5) is 5.69 Å². The largest absolute Gasteiger partial charge is 0.325 e. The van der Waals surface area contributed by atoms with E-state index in [1.54, 1.807) is 12.1 Å². The fraction of sp³-hybridized carbons (Fsp3) is 0.500. The molecule has 0 heterocycles. The summed E-state index contributed by atoms with van der Waals surface area (Å²) >= 11 is 5.78. The molecule has 0 aliphatic heterocycles. The highest BCUT2D eigenvalue weighted by Crippen LogP contribution is 2.33. The fourth-order valence-electron chi connectivity index (χ4n) is 2.49. The van der Waals surface area contributed by atoms with Gasteiger partial charge in [0.2, 0.25) is 0 Å². The Morgan fingerprint density at radius 3 is 2.65 bits per heavy atom. The SMILES string of the molecule is NC1(Cc2ccc(Cl)cc2[N+](=O)[O-])CCCC1. The molecule has 0 amide bonds. The zero-order valence-electron chi connectivity index (χ0n) is 9.49. The molecule has 17 heavy (non-hydrogen) atoms. The van der Waals surface area contributed by atoms with E-state index in [9.17, 15) is 10.1 Å². The van der Waals surface area contributed by atoms with Gasteiger partial charge in [-0.2, -0.15) is 0 Å². The molecular weight excluding hydrogens is 240 g/mol. The van der Waals surface area contributed by atoms with Gasteiger partial charge in [0.15, 0.2) is 0 Å². The van der Waals surface area contributed by atoms with E-state index in [2.05, 4.69) is 0 Å². The van der Waals surface area contributed by atoms with Crippen LogP contribution in [0.25, 0.3) is 0 Å². The summed E-state index contributed by atoms with van der Waals surface area (Å²) in [6, 6.07) is 4.80. The standard InChI is InChI=1S/C12H15ClN2O2/c13-10-4-3-9(11(7-10)15(16)17)8-12(14)5-1-2-6-12/h3-4,7H,1-2,5-6,8,14H2. The monoisotopic (exact) mass is 254 g/mol. The van der Waals surface area contributed by atoms with Crippen LogP contribution in [0.3, 0.4) is 0 Å². The zero-order valence-corrected chi connectivity index (χ0v) is 10.2. The van der Waals surface area contributed by atoms with Crippen LogP contribution < -0.4 is 5.73 Å². The molecule has 0 radical (unpaired) electrons. The molecule has 2 rings (SSSR count).